The molecule has 0 fully saturated rings. The quantitative estimate of drug-likeness (QED) is 0.780. The highest BCUT2D eigenvalue weighted by Gasteiger charge is 2.11. The monoisotopic (exact) mass is 265 g/mol. The van der Waals surface area contributed by atoms with Crippen molar-refractivity contribution >= 4 is 38.4 Å². The molecule has 0 aliphatic carbocycles. The van der Waals surface area contributed by atoms with E-state index in [2.05, 4.69) is 15.9 Å². The molecule has 3 N–H and O–H groups in total. The van der Waals surface area contributed by atoms with Gasteiger partial charge in [-0.25, -0.2) is 4.79 Å². The molecule has 0 bridgehead atoms. The van der Waals surface area contributed by atoms with Gasteiger partial charge in [-0.05, 0) is 23.6 Å². The predicted molar refractivity (Wildman–Crippen MR) is 63.0 cm³/mol. The number of carbonyl (C=O) groups is 1. The number of hydrogen-bond acceptors (Lipinski definition) is 2. The number of fused-ring (bicyclic) bond motifs is 1. The third kappa shape index (κ3) is 1.57. The Morgan fingerprint density at radius 2 is 2.00 bits per heavy atom. The zero-order valence-electron chi connectivity index (χ0n) is 7.70. The molecule has 0 aliphatic heterocycles. The van der Waals surface area contributed by atoms with Crippen LogP contribution in [0.1, 0.15) is 10.4 Å². The Hall–Kier alpha value is -1.55. The Kier molecular flexibility index (Phi) is 2.36. The minimum atomic E-state index is -0.946. The molecule has 2 aromatic carbocycles. The normalized spacial score (nSPS) is 10.5. The molecule has 0 radical (unpaired) electrons. The third-order valence-electron chi connectivity index (χ3n) is 2.25. The number of rotatable bonds is 1. The first-order valence-corrected chi connectivity index (χ1v) is 5.10. The predicted octanol–water partition coefficient (Wildman–Crippen LogP) is 2.88. The lowest BCUT2D eigenvalue weighted by Crippen LogP contribution is -1.99. The molecular weight excluding hydrogens is 258 g/mol. The molecule has 2 aromatic rings. The van der Waals surface area contributed by atoms with Crippen LogP contribution >= 0.6 is 15.9 Å². The van der Waals surface area contributed by atoms with Crippen LogP contribution in [0.15, 0.2) is 34.8 Å². The van der Waals surface area contributed by atoms with E-state index in [1.807, 2.05) is 6.07 Å². The zero-order chi connectivity index (χ0) is 11.0. The minimum Gasteiger partial charge on any atom is -0.478 e. The Morgan fingerprint density at radius 3 is 2.67 bits per heavy atom. The second-order valence-electron chi connectivity index (χ2n) is 3.17. The van der Waals surface area contributed by atoms with Gasteiger partial charge in [0.1, 0.15) is 0 Å². The summed E-state index contributed by atoms with van der Waals surface area (Å²) in [6.07, 6.45) is 0. The number of aromatic carboxylic acids is 1. The Balaban J connectivity index is 2.95. The molecule has 4 heteroatoms. The van der Waals surface area contributed by atoms with Crippen LogP contribution in [0, 0.1) is 0 Å². The Labute approximate surface area is 94.6 Å². The lowest BCUT2D eigenvalue weighted by atomic mass is 10.0. The molecule has 3 nitrogen and oxygen atoms in total. The fourth-order valence-electron chi connectivity index (χ4n) is 1.57. The standard InChI is InChI=1S/C11H8BrNO2/c12-8-3-1-2-6-7(11(14)15)4-5-9(13)10(6)8/h1-5H,13H2,(H,14,15). The maximum Gasteiger partial charge on any atom is 0.336 e. The van der Waals surface area contributed by atoms with Gasteiger partial charge in [0.15, 0.2) is 0 Å². The largest absolute Gasteiger partial charge is 0.478 e. The van der Waals surface area contributed by atoms with Crippen molar-refractivity contribution in [3.63, 3.8) is 0 Å². The number of nitrogen functional groups attached to an aromatic ring is 1. The van der Waals surface area contributed by atoms with Crippen LogP contribution in [0.3, 0.4) is 0 Å². The first-order chi connectivity index (χ1) is 7.11. The van der Waals surface area contributed by atoms with Crippen molar-refractivity contribution in [3.05, 3.63) is 40.4 Å². The average Bonchev–Trinajstić information content (AvgIpc) is 2.17. The lowest BCUT2D eigenvalue weighted by Gasteiger charge is -2.07. The van der Waals surface area contributed by atoms with E-state index in [-0.39, 0.29) is 5.56 Å². The van der Waals surface area contributed by atoms with Gasteiger partial charge in [-0.3, -0.25) is 0 Å². The zero-order valence-corrected chi connectivity index (χ0v) is 9.28. The molecule has 0 amide bonds. The molecule has 0 spiro atoms. The van der Waals surface area contributed by atoms with Gasteiger partial charge in [-0.2, -0.15) is 0 Å². The highest BCUT2D eigenvalue weighted by atomic mass is 79.9. The Bertz CT molecular complexity index is 543. The van der Waals surface area contributed by atoms with Crippen molar-refractivity contribution in [2.45, 2.75) is 0 Å². The molecule has 15 heavy (non-hydrogen) atoms. The molecule has 0 saturated heterocycles. The number of nitrogens with two attached hydrogens (primary N) is 1. The van der Waals surface area contributed by atoms with Gasteiger partial charge in [-0.1, -0.05) is 28.1 Å². The van der Waals surface area contributed by atoms with Gasteiger partial charge in [0.2, 0.25) is 0 Å². The molecule has 0 unspecified atom stereocenters. The summed E-state index contributed by atoms with van der Waals surface area (Å²) >= 11 is 3.36. The second kappa shape index (κ2) is 3.55. The van der Waals surface area contributed by atoms with Crippen LogP contribution in [0.5, 0.6) is 0 Å². The number of carboxylic acids is 1. The summed E-state index contributed by atoms with van der Waals surface area (Å²) in [5.41, 5.74) is 6.64. The van der Waals surface area contributed by atoms with Gasteiger partial charge in [0.05, 0.1) is 5.56 Å². The molecule has 0 aliphatic rings. The van der Waals surface area contributed by atoms with E-state index in [0.717, 1.165) is 9.86 Å². The first kappa shape index (κ1) is 9.98. The van der Waals surface area contributed by atoms with Gasteiger partial charge in [-0.15, -0.1) is 0 Å². The third-order valence-corrected chi connectivity index (χ3v) is 2.91. The van der Waals surface area contributed by atoms with Crippen molar-refractivity contribution in [1.29, 1.82) is 0 Å². The maximum absolute atomic E-state index is 11.0. The highest BCUT2D eigenvalue weighted by Crippen LogP contribution is 2.31. The second-order valence-corrected chi connectivity index (χ2v) is 4.02. The molecule has 2 rings (SSSR count). The van der Waals surface area contributed by atoms with Crippen LogP contribution in [0.4, 0.5) is 5.69 Å². The number of carboxylic acid groups (broad SMARTS) is 1. The number of anilines is 1. The number of hydrogen-bond donors (Lipinski definition) is 2. The summed E-state index contributed by atoms with van der Waals surface area (Å²) in [5, 5.41) is 10.4. The Morgan fingerprint density at radius 1 is 1.27 bits per heavy atom. The van der Waals surface area contributed by atoms with Crippen LogP contribution in [-0.2, 0) is 0 Å². The van der Waals surface area contributed by atoms with Crippen molar-refractivity contribution in [2.75, 3.05) is 5.73 Å². The van der Waals surface area contributed by atoms with Crippen LogP contribution in [-0.4, -0.2) is 11.1 Å². The van der Waals surface area contributed by atoms with Gasteiger partial charge in [0.25, 0.3) is 0 Å². The molecule has 0 saturated carbocycles. The van der Waals surface area contributed by atoms with Gasteiger partial charge in [0, 0.05) is 15.5 Å². The summed E-state index contributed by atoms with van der Waals surface area (Å²) in [7, 11) is 0. The minimum absolute atomic E-state index is 0.264. The topological polar surface area (TPSA) is 63.3 Å². The van der Waals surface area contributed by atoms with E-state index < -0.39 is 5.97 Å². The fraction of sp³-hybridized carbons (Fsp3) is 0. The highest BCUT2D eigenvalue weighted by molar-refractivity contribution is 9.10. The van der Waals surface area contributed by atoms with Crippen molar-refractivity contribution < 1.29 is 9.90 Å². The van der Waals surface area contributed by atoms with Crippen LogP contribution < -0.4 is 5.73 Å². The smallest absolute Gasteiger partial charge is 0.336 e. The fourth-order valence-corrected chi connectivity index (χ4v) is 2.17. The summed E-state index contributed by atoms with van der Waals surface area (Å²) in [6.45, 7) is 0. The molecule has 0 aromatic heterocycles. The van der Waals surface area contributed by atoms with E-state index >= 15 is 0 Å². The van der Waals surface area contributed by atoms with Crippen molar-refractivity contribution in [1.82, 2.24) is 0 Å². The van der Waals surface area contributed by atoms with E-state index in [0.29, 0.717) is 11.1 Å². The van der Waals surface area contributed by atoms with E-state index in [4.69, 9.17) is 10.8 Å². The van der Waals surface area contributed by atoms with Crippen LogP contribution in [0.2, 0.25) is 0 Å². The van der Waals surface area contributed by atoms with Gasteiger partial charge < -0.3 is 10.8 Å². The maximum atomic E-state index is 11.0. The summed E-state index contributed by atoms with van der Waals surface area (Å²) in [4.78, 5) is 11.0. The first-order valence-electron chi connectivity index (χ1n) is 4.31. The van der Waals surface area contributed by atoms with Crippen LogP contribution in [0.25, 0.3) is 10.8 Å². The molecule has 76 valence electrons. The van der Waals surface area contributed by atoms with E-state index in [1.165, 1.54) is 6.07 Å². The summed E-state index contributed by atoms with van der Waals surface area (Å²) in [5.74, 6) is -0.946. The van der Waals surface area contributed by atoms with E-state index in [1.54, 1.807) is 18.2 Å². The van der Waals surface area contributed by atoms with Crippen molar-refractivity contribution in [2.24, 2.45) is 0 Å². The number of halogens is 1. The average molecular weight is 266 g/mol. The molecule has 0 atom stereocenters. The summed E-state index contributed by atoms with van der Waals surface area (Å²) < 4.78 is 0.806. The number of benzene rings is 2. The van der Waals surface area contributed by atoms with Gasteiger partial charge >= 0.3 is 5.97 Å². The van der Waals surface area contributed by atoms with E-state index in [9.17, 15) is 4.79 Å². The SMILES string of the molecule is Nc1ccc(C(=O)O)c2cccc(Br)c12. The summed E-state index contributed by atoms with van der Waals surface area (Å²) in [6, 6.07) is 8.51. The lowest BCUT2D eigenvalue weighted by molar-refractivity contribution is 0.0699. The molecule has 0 heterocycles. The molecular formula is C11H8BrNO2. The van der Waals surface area contributed by atoms with Crippen molar-refractivity contribution in [3.8, 4) is 0 Å².